The summed E-state index contributed by atoms with van der Waals surface area (Å²) in [5.74, 6) is 6.92. The second-order valence-corrected chi connectivity index (χ2v) is 6.02. The van der Waals surface area contributed by atoms with Gasteiger partial charge in [0.1, 0.15) is 12.4 Å². The number of para-hydroxylation sites is 1. The average Bonchev–Trinajstić information content (AvgIpc) is 2.46. The predicted molar refractivity (Wildman–Crippen MR) is 83.0 cm³/mol. The Bertz CT molecular complexity index is 468. The molecule has 1 heterocycles. The summed E-state index contributed by atoms with van der Waals surface area (Å²) in [5.41, 5.74) is 2.62. The Morgan fingerprint density at radius 2 is 2.00 bits per heavy atom. The molecule has 2 rings (SSSR count). The Labute approximate surface area is 126 Å². The highest BCUT2D eigenvalue weighted by Crippen LogP contribution is 2.21. The van der Waals surface area contributed by atoms with Crippen LogP contribution < -0.4 is 16.0 Å². The minimum Gasteiger partial charge on any atom is -0.491 e. The van der Waals surface area contributed by atoms with Gasteiger partial charge in [-0.15, -0.1) is 0 Å². The number of hydrogen-bond donors (Lipinski definition) is 2. The van der Waals surface area contributed by atoms with Crippen LogP contribution in [0.15, 0.2) is 24.3 Å². The molecule has 21 heavy (non-hydrogen) atoms. The van der Waals surface area contributed by atoms with Gasteiger partial charge in [-0.05, 0) is 30.4 Å². The molecule has 1 aliphatic rings. The summed E-state index contributed by atoms with van der Waals surface area (Å²) < 4.78 is 5.78. The number of ether oxygens (including phenoxy) is 1. The van der Waals surface area contributed by atoms with E-state index in [9.17, 15) is 4.79 Å². The predicted octanol–water partition coefficient (Wildman–Crippen LogP) is 1.65. The summed E-state index contributed by atoms with van der Waals surface area (Å²) in [4.78, 5) is 14.1. The van der Waals surface area contributed by atoms with E-state index < -0.39 is 0 Å². The van der Waals surface area contributed by atoms with Gasteiger partial charge in [0.2, 0.25) is 0 Å². The minimum absolute atomic E-state index is 0.328. The number of rotatable bonds is 5. The molecule has 0 aromatic heterocycles. The van der Waals surface area contributed by atoms with Crippen molar-refractivity contribution in [3.05, 3.63) is 29.8 Å². The number of hydrogen-bond acceptors (Lipinski definition) is 4. The Hall–Kier alpha value is -1.59. The largest absolute Gasteiger partial charge is 0.491 e. The van der Waals surface area contributed by atoms with Gasteiger partial charge in [-0.25, -0.2) is 5.84 Å². The summed E-state index contributed by atoms with van der Waals surface area (Å²) in [6.45, 7) is 8.30. The molecule has 5 heteroatoms. The maximum atomic E-state index is 11.7. The number of amides is 1. The first-order valence-corrected chi connectivity index (χ1v) is 7.55. The third-order valence-corrected chi connectivity index (χ3v) is 3.87. The highest BCUT2D eigenvalue weighted by molar-refractivity contribution is 5.96. The van der Waals surface area contributed by atoms with Gasteiger partial charge in [0.25, 0.3) is 5.91 Å². The van der Waals surface area contributed by atoms with Crippen LogP contribution in [-0.2, 0) is 0 Å². The second-order valence-electron chi connectivity index (χ2n) is 6.02. The zero-order chi connectivity index (χ0) is 15.2. The molecule has 0 spiro atoms. The van der Waals surface area contributed by atoms with Crippen molar-refractivity contribution in [3.8, 4) is 5.75 Å². The van der Waals surface area contributed by atoms with Crippen LogP contribution in [0.3, 0.4) is 0 Å². The number of carbonyl (C=O) groups is 1. The molecule has 2 atom stereocenters. The number of carbonyl (C=O) groups excluding carboxylic acids is 1. The molecule has 1 aliphatic heterocycles. The molecule has 5 nitrogen and oxygen atoms in total. The molecular formula is C16H25N3O2. The Balaban J connectivity index is 1.87. The summed E-state index contributed by atoms with van der Waals surface area (Å²) in [6, 6.07) is 7.16. The first-order chi connectivity index (χ1) is 10.1. The molecule has 0 aliphatic carbocycles. The molecule has 0 radical (unpaired) electrons. The van der Waals surface area contributed by atoms with E-state index in [0.29, 0.717) is 17.9 Å². The molecule has 1 amide bonds. The number of nitrogens with zero attached hydrogens (tertiary/aromatic N) is 1. The highest BCUT2D eigenvalue weighted by atomic mass is 16.5. The van der Waals surface area contributed by atoms with Crippen LogP contribution in [0, 0.1) is 11.8 Å². The van der Waals surface area contributed by atoms with Gasteiger partial charge in [0.05, 0.1) is 5.56 Å². The van der Waals surface area contributed by atoms with Crippen LogP contribution in [0.2, 0.25) is 0 Å². The number of likely N-dealkylation sites (tertiary alicyclic amines) is 1. The maximum absolute atomic E-state index is 11.7. The van der Waals surface area contributed by atoms with Crippen LogP contribution in [0.25, 0.3) is 0 Å². The molecule has 1 aromatic rings. The third kappa shape index (κ3) is 4.44. The topological polar surface area (TPSA) is 67.6 Å². The van der Waals surface area contributed by atoms with E-state index in [0.717, 1.165) is 31.5 Å². The summed E-state index contributed by atoms with van der Waals surface area (Å²) in [7, 11) is 0. The van der Waals surface area contributed by atoms with Gasteiger partial charge in [-0.2, -0.15) is 0 Å². The standard InChI is InChI=1S/C16H25N3O2/c1-12-9-13(2)11-19(10-12)7-8-21-15-6-4-3-5-14(15)16(20)18-17/h3-6,12-13H,7-11,17H2,1-2H3,(H,18,20). The lowest BCUT2D eigenvalue weighted by Crippen LogP contribution is -2.40. The smallest absolute Gasteiger partial charge is 0.268 e. The number of hydrazine groups is 1. The maximum Gasteiger partial charge on any atom is 0.268 e. The number of piperidine rings is 1. The van der Waals surface area contributed by atoms with E-state index in [4.69, 9.17) is 10.6 Å². The van der Waals surface area contributed by atoms with Crippen LogP contribution in [0.1, 0.15) is 30.6 Å². The van der Waals surface area contributed by atoms with Gasteiger partial charge in [0, 0.05) is 19.6 Å². The first kappa shape index (κ1) is 15.8. The minimum atomic E-state index is -0.328. The number of nitrogen functional groups attached to an aromatic ring is 1. The molecule has 1 fully saturated rings. The molecule has 0 bridgehead atoms. The van der Waals surface area contributed by atoms with Gasteiger partial charge >= 0.3 is 0 Å². The van der Waals surface area contributed by atoms with Gasteiger partial charge in [0.15, 0.2) is 0 Å². The van der Waals surface area contributed by atoms with Crippen molar-refractivity contribution in [2.24, 2.45) is 17.7 Å². The lowest BCUT2D eigenvalue weighted by atomic mass is 9.92. The fourth-order valence-corrected chi connectivity index (χ4v) is 3.12. The molecular weight excluding hydrogens is 266 g/mol. The summed E-state index contributed by atoms with van der Waals surface area (Å²) in [6.07, 6.45) is 1.30. The summed E-state index contributed by atoms with van der Waals surface area (Å²) in [5, 5.41) is 0. The fourth-order valence-electron chi connectivity index (χ4n) is 3.12. The molecule has 116 valence electrons. The van der Waals surface area contributed by atoms with Crippen molar-refractivity contribution in [1.29, 1.82) is 0 Å². The van der Waals surface area contributed by atoms with Crippen molar-refractivity contribution >= 4 is 5.91 Å². The average molecular weight is 291 g/mol. The number of benzene rings is 1. The highest BCUT2D eigenvalue weighted by Gasteiger charge is 2.21. The van der Waals surface area contributed by atoms with Crippen molar-refractivity contribution in [2.75, 3.05) is 26.2 Å². The van der Waals surface area contributed by atoms with E-state index in [1.165, 1.54) is 6.42 Å². The van der Waals surface area contributed by atoms with Crippen molar-refractivity contribution in [2.45, 2.75) is 20.3 Å². The van der Waals surface area contributed by atoms with E-state index in [1.54, 1.807) is 18.2 Å². The third-order valence-electron chi connectivity index (χ3n) is 3.87. The van der Waals surface area contributed by atoms with E-state index >= 15 is 0 Å². The monoisotopic (exact) mass is 291 g/mol. The second kappa shape index (κ2) is 7.43. The number of nitrogens with two attached hydrogens (primary N) is 1. The fraction of sp³-hybridized carbons (Fsp3) is 0.562. The normalized spacial score (nSPS) is 22.8. The Kier molecular flexibility index (Phi) is 5.59. The van der Waals surface area contributed by atoms with Crippen molar-refractivity contribution in [1.82, 2.24) is 10.3 Å². The Morgan fingerprint density at radius 3 is 2.67 bits per heavy atom. The van der Waals surface area contributed by atoms with Gasteiger partial charge in [-0.3, -0.25) is 15.1 Å². The van der Waals surface area contributed by atoms with Crippen molar-refractivity contribution in [3.63, 3.8) is 0 Å². The molecule has 1 aromatic carbocycles. The lowest BCUT2D eigenvalue weighted by molar-refractivity contribution is 0.0946. The first-order valence-electron chi connectivity index (χ1n) is 7.55. The van der Waals surface area contributed by atoms with Crippen LogP contribution in [0.5, 0.6) is 5.75 Å². The van der Waals surface area contributed by atoms with Crippen LogP contribution in [-0.4, -0.2) is 37.0 Å². The van der Waals surface area contributed by atoms with Gasteiger partial charge < -0.3 is 4.74 Å². The lowest BCUT2D eigenvalue weighted by Gasteiger charge is -2.34. The molecule has 3 N–H and O–H groups in total. The van der Waals surface area contributed by atoms with E-state index in [-0.39, 0.29) is 5.91 Å². The summed E-state index contributed by atoms with van der Waals surface area (Å²) >= 11 is 0. The Morgan fingerprint density at radius 1 is 1.33 bits per heavy atom. The zero-order valence-corrected chi connectivity index (χ0v) is 12.8. The van der Waals surface area contributed by atoms with Crippen molar-refractivity contribution < 1.29 is 9.53 Å². The quantitative estimate of drug-likeness (QED) is 0.492. The molecule has 0 saturated carbocycles. The molecule has 2 unspecified atom stereocenters. The van der Waals surface area contributed by atoms with Crippen LogP contribution in [0.4, 0.5) is 0 Å². The zero-order valence-electron chi connectivity index (χ0n) is 12.8. The molecule has 1 saturated heterocycles. The van der Waals surface area contributed by atoms with Crippen LogP contribution >= 0.6 is 0 Å². The SMILES string of the molecule is CC1CC(C)CN(CCOc2ccccc2C(=O)NN)C1. The van der Waals surface area contributed by atoms with Gasteiger partial charge in [-0.1, -0.05) is 26.0 Å². The van der Waals surface area contributed by atoms with E-state index in [2.05, 4.69) is 24.2 Å². The van der Waals surface area contributed by atoms with E-state index in [1.807, 2.05) is 6.07 Å². The number of nitrogens with one attached hydrogen (secondary N) is 1.